The zero-order chi connectivity index (χ0) is 13.8. The molecule has 0 aromatic rings. The van der Waals surface area contributed by atoms with Gasteiger partial charge in [-0.15, -0.1) is 0 Å². The third kappa shape index (κ3) is 3.39. The second kappa shape index (κ2) is 7.26. The predicted molar refractivity (Wildman–Crippen MR) is 83.8 cm³/mol. The van der Waals surface area contributed by atoms with Crippen LogP contribution in [0.1, 0.15) is 64.7 Å². The Labute approximate surface area is 125 Å². The Balaban J connectivity index is 1.61. The van der Waals surface area contributed by atoms with Gasteiger partial charge in [-0.25, -0.2) is 0 Å². The van der Waals surface area contributed by atoms with Gasteiger partial charge in [0.15, 0.2) is 0 Å². The summed E-state index contributed by atoms with van der Waals surface area (Å²) in [5, 5.41) is 3.84. The zero-order valence-corrected chi connectivity index (χ0v) is 13.3. The number of fused-ring (bicyclic) bond motifs is 1. The maximum absolute atomic E-state index is 5.77. The van der Waals surface area contributed by atoms with Crippen molar-refractivity contribution in [3.8, 4) is 0 Å². The first-order valence-corrected chi connectivity index (χ1v) is 9.19. The van der Waals surface area contributed by atoms with E-state index in [1.807, 2.05) is 0 Å². The number of hydrogen-bond acceptors (Lipinski definition) is 2. The molecule has 2 nitrogen and oxygen atoms in total. The van der Waals surface area contributed by atoms with Gasteiger partial charge in [-0.05, 0) is 62.3 Å². The Morgan fingerprint density at radius 2 is 1.80 bits per heavy atom. The van der Waals surface area contributed by atoms with Crippen LogP contribution in [0, 0.1) is 23.7 Å². The normalized spacial score (nSPS) is 40.0. The third-order valence-corrected chi connectivity index (χ3v) is 6.23. The first-order valence-electron chi connectivity index (χ1n) is 9.19. The fraction of sp³-hybridized carbons (Fsp3) is 1.00. The van der Waals surface area contributed by atoms with Crippen molar-refractivity contribution in [3.63, 3.8) is 0 Å². The average molecular weight is 279 g/mol. The van der Waals surface area contributed by atoms with Gasteiger partial charge in [-0.1, -0.05) is 32.6 Å². The van der Waals surface area contributed by atoms with E-state index in [1.54, 1.807) is 0 Å². The molecule has 5 unspecified atom stereocenters. The van der Waals surface area contributed by atoms with Crippen LogP contribution in [0.3, 0.4) is 0 Å². The summed E-state index contributed by atoms with van der Waals surface area (Å²) >= 11 is 0. The maximum Gasteiger partial charge on any atom is 0.0509 e. The minimum atomic E-state index is 0.725. The summed E-state index contributed by atoms with van der Waals surface area (Å²) in [6, 6.07) is 0.725. The van der Waals surface area contributed by atoms with Crippen LogP contribution in [0.5, 0.6) is 0 Å². The zero-order valence-electron chi connectivity index (χ0n) is 13.3. The van der Waals surface area contributed by atoms with Gasteiger partial charge in [0.25, 0.3) is 0 Å². The van der Waals surface area contributed by atoms with E-state index in [0.717, 1.165) is 49.5 Å². The minimum Gasteiger partial charge on any atom is -0.381 e. The van der Waals surface area contributed by atoms with Gasteiger partial charge in [0.05, 0.1) is 6.61 Å². The van der Waals surface area contributed by atoms with Gasteiger partial charge in [-0.2, -0.15) is 0 Å². The summed E-state index contributed by atoms with van der Waals surface area (Å²) in [7, 11) is 0. The first kappa shape index (κ1) is 14.8. The molecule has 0 radical (unpaired) electrons. The van der Waals surface area contributed by atoms with Gasteiger partial charge < -0.3 is 10.1 Å². The van der Waals surface area contributed by atoms with Crippen molar-refractivity contribution in [3.05, 3.63) is 0 Å². The molecule has 3 fully saturated rings. The van der Waals surface area contributed by atoms with E-state index in [0.29, 0.717) is 0 Å². The highest BCUT2D eigenvalue weighted by molar-refractivity contribution is 4.91. The van der Waals surface area contributed by atoms with Crippen molar-refractivity contribution in [2.45, 2.75) is 70.8 Å². The van der Waals surface area contributed by atoms with Crippen molar-refractivity contribution in [2.75, 3.05) is 19.8 Å². The molecular weight excluding hydrogens is 246 g/mol. The van der Waals surface area contributed by atoms with E-state index in [-0.39, 0.29) is 0 Å². The standard InChI is InChI=1S/C18H33NO/c1-2-19-18(17-8-5-11-20-13-17)16-10-9-14-6-3-4-7-15(14)12-16/h14-19H,2-13H2,1H3. The van der Waals surface area contributed by atoms with Crippen LogP contribution in [-0.4, -0.2) is 25.8 Å². The second-order valence-electron chi connectivity index (χ2n) is 7.44. The van der Waals surface area contributed by atoms with E-state index in [2.05, 4.69) is 12.2 Å². The van der Waals surface area contributed by atoms with E-state index in [1.165, 1.54) is 57.8 Å². The van der Waals surface area contributed by atoms with Gasteiger partial charge in [0.1, 0.15) is 0 Å². The Kier molecular flexibility index (Phi) is 5.39. The van der Waals surface area contributed by atoms with E-state index in [9.17, 15) is 0 Å². The van der Waals surface area contributed by atoms with Crippen LogP contribution in [-0.2, 0) is 4.74 Å². The molecule has 3 rings (SSSR count). The summed E-state index contributed by atoms with van der Waals surface area (Å²) in [6.45, 7) is 5.38. The van der Waals surface area contributed by atoms with Gasteiger partial charge in [-0.3, -0.25) is 0 Å². The maximum atomic E-state index is 5.77. The lowest BCUT2D eigenvalue weighted by Crippen LogP contribution is -2.47. The lowest BCUT2D eigenvalue weighted by molar-refractivity contribution is 0.0137. The molecule has 1 aliphatic heterocycles. The van der Waals surface area contributed by atoms with Gasteiger partial charge in [0, 0.05) is 12.6 Å². The smallest absolute Gasteiger partial charge is 0.0509 e. The number of rotatable bonds is 4. The van der Waals surface area contributed by atoms with Crippen molar-refractivity contribution >= 4 is 0 Å². The summed E-state index contributed by atoms with van der Waals surface area (Å²) < 4.78 is 5.77. The lowest BCUT2D eigenvalue weighted by atomic mass is 9.64. The molecule has 2 aliphatic carbocycles. The lowest BCUT2D eigenvalue weighted by Gasteiger charge is -2.44. The van der Waals surface area contributed by atoms with E-state index >= 15 is 0 Å². The minimum absolute atomic E-state index is 0.725. The topological polar surface area (TPSA) is 21.3 Å². The van der Waals surface area contributed by atoms with Crippen molar-refractivity contribution in [1.29, 1.82) is 0 Å². The number of ether oxygens (including phenoxy) is 1. The molecule has 20 heavy (non-hydrogen) atoms. The average Bonchev–Trinajstić information content (AvgIpc) is 2.53. The van der Waals surface area contributed by atoms with Crippen molar-refractivity contribution < 1.29 is 4.74 Å². The second-order valence-corrected chi connectivity index (χ2v) is 7.44. The van der Waals surface area contributed by atoms with Crippen LogP contribution in [0.25, 0.3) is 0 Å². The van der Waals surface area contributed by atoms with Crippen LogP contribution < -0.4 is 5.32 Å². The summed E-state index contributed by atoms with van der Waals surface area (Å²) in [5.74, 6) is 3.81. The fourth-order valence-electron chi connectivity index (χ4n) is 5.24. The van der Waals surface area contributed by atoms with Crippen molar-refractivity contribution in [2.24, 2.45) is 23.7 Å². The highest BCUT2D eigenvalue weighted by Crippen LogP contribution is 2.44. The van der Waals surface area contributed by atoms with Crippen LogP contribution in [0.4, 0.5) is 0 Å². The molecule has 0 aromatic carbocycles. The molecule has 0 bridgehead atoms. The molecule has 1 N–H and O–H groups in total. The molecule has 3 aliphatic rings. The molecule has 116 valence electrons. The highest BCUT2D eigenvalue weighted by Gasteiger charge is 2.38. The summed E-state index contributed by atoms with van der Waals surface area (Å²) in [5.41, 5.74) is 0. The summed E-state index contributed by atoms with van der Waals surface area (Å²) in [4.78, 5) is 0. The molecule has 5 atom stereocenters. The fourth-order valence-corrected chi connectivity index (χ4v) is 5.24. The molecule has 1 heterocycles. The van der Waals surface area contributed by atoms with E-state index < -0.39 is 0 Å². The van der Waals surface area contributed by atoms with Crippen molar-refractivity contribution in [1.82, 2.24) is 5.32 Å². The Morgan fingerprint density at radius 1 is 0.950 bits per heavy atom. The largest absolute Gasteiger partial charge is 0.381 e. The predicted octanol–water partition coefficient (Wildman–Crippen LogP) is 4.00. The Hall–Kier alpha value is -0.0800. The first-order chi connectivity index (χ1) is 9.88. The quantitative estimate of drug-likeness (QED) is 0.840. The van der Waals surface area contributed by atoms with Crippen LogP contribution in [0.15, 0.2) is 0 Å². The Bertz CT molecular complexity index is 287. The SMILES string of the molecule is CCNC(C1CCCOC1)C1CCC2CCCCC2C1. The molecule has 1 saturated heterocycles. The molecule has 2 heteroatoms. The highest BCUT2D eigenvalue weighted by atomic mass is 16.5. The molecular formula is C18H33NO. The third-order valence-electron chi connectivity index (χ3n) is 6.23. The number of hydrogen-bond donors (Lipinski definition) is 1. The Morgan fingerprint density at radius 3 is 2.55 bits per heavy atom. The summed E-state index contributed by atoms with van der Waals surface area (Å²) in [6.07, 6.45) is 13.1. The van der Waals surface area contributed by atoms with Crippen LogP contribution in [0.2, 0.25) is 0 Å². The monoisotopic (exact) mass is 279 g/mol. The number of nitrogens with one attached hydrogen (secondary N) is 1. The van der Waals surface area contributed by atoms with Gasteiger partial charge in [0.2, 0.25) is 0 Å². The molecule has 2 saturated carbocycles. The molecule has 0 aromatic heterocycles. The van der Waals surface area contributed by atoms with Gasteiger partial charge >= 0.3 is 0 Å². The van der Waals surface area contributed by atoms with Crippen LogP contribution >= 0.6 is 0 Å². The van der Waals surface area contributed by atoms with E-state index in [4.69, 9.17) is 4.74 Å². The molecule has 0 amide bonds. The molecule has 0 spiro atoms.